The smallest absolute Gasteiger partial charge is 0.404 e. The van der Waals surface area contributed by atoms with Gasteiger partial charge in [-0.05, 0) is 44.2 Å². The van der Waals surface area contributed by atoms with Crippen molar-refractivity contribution in [2.24, 2.45) is 0 Å². The molecule has 1 amide bonds. The SMILES string of the molecule is CCCCc1nc2ccccc2c(=O)n1C1CCC(NC(=O)O)CC1. The Bertz CT molecular complexity index is 807. The molecular weight excluding hydrogens is 318 g/mol. The van der Waals surface area contributed by atoms with Crippen LogP contribution in [0.15, 0.2) is 29.1 Å². The summed E-state index contributed by atoms with van der Waals surface area (Å²) >= 11 is 0. The zero-order chi connectivity index (χ0) is 17.8. The standard InChI is InChI=1S/C19H25N3O3/c1-2-3-8-17-21-16-7-5-4-6-15(16)18(23)22(17)14-11-9-13(10-12-14)20-19(24)25/h4-7,13-14,20H,2-3,8-12H2,1H3,(H,24,25). The van der Waals surface area contributed by atoms with Crippen molar-refractivity contribution in [2.75, 3.05) is 0 Å². The molecule has 1 saturated carbocycles. The van der Waals surface area contributed by atoms with E-state index in [0.29, 0.717) is 5.39 Å². The molecule has 1 heterocycles. The number of nitrogens with zero attached hydrogens (tertiary/aromatic N) is 2. The maximum atomic E-state index is 13.1. The molecule has 2 aromatic rings. The summed E-state index contributed by atoms with van der Waals surface area (Å²) in [5.41, 5.74) is 0.794. The average molecular weight is 343 g/mol. The number of nitrogens with one attached hydrogen (secondary N) is 1. The van der Waals surface area contributed by atoms with Gasteiger partial charge in [0.2, 0.25) is 0 Å². The van der Waals surface area contributed by atoms with Gasteiger partial charge in [-0.25, -0.2) is 9.78 Å². The quantitative estimate of drug-likeness (QED) is 0.870. The first kappa shape index (κ1) is 17.5. The Kier molecular flexibility index (Phi) is 5.36. The second kappa shape index (κ2) is 7.68. The van der Waals surface area contributed by atoms with Gasteiger partial charge in [-0.3, -0.25) is 9.36 Å². The third kappa shape index (κ3) is 3.83. The molecule has 6 heteroatoms. The molecule has 134 valence electrons. The Morgan fingerprint density at radius 1 is 1.28 bits per heavy atom. The van der Waals surface area contributed by atoms with Crippen LogP contribution in [0.25, 0.3) is 10.9 Å². The maximum Gasteiger partial charge on any atom is 0.404 e. The third-order valence-corrected chi connectivity index (χ3v) is 5.02. The largest absolute Gasteiger partial charge is 0.465 e. The molecule has 0 atom stereocenters. The van der Waals surface area contributed by atoms with Gasteiger partial charge in [0.15, 0.2) is 0 Å². The first-order valence-electron chi connectivity index (χ1n) is 9.09. The molecular formula is C19H25N3O3. The van der Waals surface area contributed by atoms with Crippen LogP contribution in [-0.4, -0.2) is 26.8 Å². The van der Waals surface area contributed by atoms with Crippen LogP contribution in [0.3, 0.4) is 0 Å². The van der Waals surface area contributed by atoms with E-state index in [0.717, 1.165) is 56.3 Å². The van der Waals surface area contributed by atoms with Crippen LogP contribution in [0.2, 0.25) is 0 Å². The van der Waals surface area contributed by atoms with E-state index in [1.54, 1.807) is 0 Å². The average Bonchev–Trinajstić information content (AvgIpc) is 2.60. The third-order valence-electron chi connectivity index (χ3n) is 5.02. The zero-order valence-corrected chi connectivity index (χ0v) is 14.6. The predicted octanol–water partition coefficient (Wildman–Crippen LogP) is 3.49. The highest BCUT2D eigenvalue weighted by Gasteiger charge is 2.26. The Labute approximate surface area is 146 Å². The molecule has 0 saturated heterocycles. The predicted molar refractivity (Wildman–Crippen MR) is 97.1 cm³/mol. The number of unbranched alkanes of at least 4 members (excludes halogenated alkanes) is 1. The van der Waals surface area contributed by atoms with Crippen molar-refractivity contribution < 1.29 is 9.90 Å². The lowest BCUT2D eigenvalue weighted by molar-refractivity contribution is 0.182. The van der Waals surface area contributed by atoms with Gasteiger partial charge in [-0.15, -0.1) is 0 Å². The number of fused-ring (bicyclic) bond motifs is 1. The van der Waals surface area contributed by atoms with Crippen molar-refractivity contribution in [3.05, 3.63) is 40.4 Å². The number of carbonyl (C=O) groups is 1. The van der Waals surface area contributed by atoms with Gasteiger partial charge in [0.05, 0.1) is 10.9 Å². The summed E-state index contributed by atoms with van der Waals surface area (Å²) in [7, 11) is 0. The topological polar surface area (TPSA) is 84.2 Å². The highest BCUT2D eigenvalue weighted by Crippen LogP contribution is 2.29. The second-order valence-electron chi connectivity index (χ2n) is 6.78. The number of para-hydroxylation sites is 1. The van der Waals surface area contributed by atoms with Crippen molar-refractivity contribution in [3.8, 4) is 0 Å². The number of hydrogen-bond acceptors (Lipinski definition) is 3. The van der Waals surface area contributed by atoms with Gasteiger partial charge in [0, 0.05) is 18.5 Å². The van der Waals surface area contributed by atoms with Gasteiger partial charge in [-0.1, -0.05) is 25.5 Å². The zero-order valence-electron chi connectivity index (χ0n) is 14.6. The summed E-state index contributed by atoms with van der Waals surface area (Å²) in [6.45, 7) is 2.13. The maximum absolute atomic E-state index is 13.1. The van der Waals surface area contributed by atoms with E-state index in [4.69, 9.17) is 10.1 Å². The lowest BCUT2D eigenvalue weighted by Gasteiger charge is -2.31. The summed E-state index contributed by atoms with van der Waals surface area (Å²) < 4.78 is 1.88. The van der Waals surface area contributed by atoms with Crippen molar-refractivity contribution in [1.82, 2.24) is 14.9 Å². The molecule has 1 aromatic heterocycles. The molecule has 0 aliphatic heterocycles. The molecule has 3 rings (SSSR count). The molecule has 2 N–H and O–H groups in total. The molecule has 0 bridgehead atoms. The molecule has 1 aliphatic rings. The first-order chi connectivity index (χ1) is 12.1. The summed E-state index contributed by atoms with van der Waals surface area (Å²) in [4.78, 5) is 28.7. The van der Waals surface area contributed by atoms with Crippen LogP contribution in [0.1, 0.15) is 57.3 Å². The highest BCUT2D eigenvalue weighted by atomic mass is 16.4. The van der Waals surface area contributed by atoms with E-state index >= 15 is 0 Å². The molecule has 1 aliphatic carbocycles. The summed E-state index contributed by atoms with van der Waals surface area (Å²) in [6.07, 6.45) is 4.97. The van der Waals surface area contributed by atoms with Crippen LogP contribution in [-0.2, 0) is 6.42 Å². The van der Waals surface area contributed by atoms with E-state index in [-0.39, 0.29) is 17.6 Å². The van der Waals surface area contributed by atoms with Crippen LogP contribution < -0.4 is 10.9 Å². The number of hydrogen-bond donors (Lipinski definition) is 2. The Morgan fingerprint density at radius 3 is 2.68 bits per heavy atom. The summed E-state index contributed by atoms with van der Waals surface area (Å²) in [6, 6.07) is 7.59. The van der Waals surface area contributed by atoms with Crippen LogP contribution in [0.4, 0.5) is 4.79 Å². The van der Waals surface area contributed by atoms with Crippen molar-refractivity contribution in [3.63, 3.8) is 0 Å². The van der Waals surface area contributed by atoms with E-state index < -0.39 is 6.09 Å². The summed E-state index contributed by atoms with van der Waals surface area (Å²) in [5.74, 6) is 0.861. The number of benzene rings is 1. The lowest BCUT2D eigenvalue weighted by atomic mass is 9.90. The molecule has 0 unspecified atom stereocenters. The van der Waals surface area contributed by atoms with Gasteiger partial charge in [0.1, 0.15) is 5.82 Å². The number of carboxylic acid groups (broad SMARTS) is 1. The number of aromatic nitrogens is 2. The fourth-order valence-corrected chi connectivity index (χ4v) is 3.73. The highest BCUT2D eigenvalue weighted by molar-refractivity contribution is 5.77. The Balaban J connectivity index is 1.93. The van der Waals surface area contributed by atoms with Gasteiger partial charge < -0.3 is 10.4 Å². The van der Waals surface area contributed by atoms with Gasteiger partial charge >= 0.3 is 6.09 Å². The normalized spacial score (nSPS) is 20.5. The molecule has 6 nitrogen and oxygen atoms in total. The number of amides is 1. The molecule has 0 spiro atoms. The van der Waals surface area contributed by atoms with E-state index in [2.05, 4.69) is 12.2 Å². The lowest BCUT2D eigenvalue weighted by Crippen LogP contribution is -2.39. The minimum Gasteiger partial charge on any atom is -0.465 e. The monoisotopic (exact) mass is 343 g/mol. The second-order valence-corrected chi connectivity index (χ2v) is 6.78. The number of rotatable bonds is 5. The van der Waals surface area contributed by atoms with Crippen LogP contribution in [0, 0.1) is 0 Å². The van der Waals surface area contributed by atoms with Gasteiger partial charge in [0.25, 0.3) is 5.56 Å². The van der Waals surface area contributed by atoms with Crippen LogP contribution >= 0.6 is 0 Å². The first-order valence-corrected chi connectivity index (χ1v) is 9.09. The van der Waals surface area contributed by atoms with Crippen molar-refractivity contribution in [1.29, 1.82) is 0 Å². The van der Waals surface area contributed by atoms with Gasteiger partial charge in [-0.2, -0.15) is 0 Å². The van der Waals surface area contributed by atoms with Crippen molar-refractivity contribution in [2.45, 2.75) is 64.0 Å². The van der Waals surface area contributed by atoms with E-state index in [1.165, 1.54) is 0 Å². The van der Waals surface area contributed by atoms with E-state index in [9.17, 15) is 9.59 Å². The minimum atomic E-state index is -0.975. The van der Waals surface area contributed by atoms with E-state index in [1.807, 2.05) is 28.8 Å². The Morgan fingerprint density at radius 2 is 2.00 bits per heavy atom. The molecule has 1 fully saturated rings. The van der Waals surface area contributed by atoms with Crippen LogP contribution in [0.5, 0.6) is 0 Å². The minimum absolute atomic E-state index is 0.0167. The molecule has 25 heavy (non-hydrogen) atoms. The van der Waals surface area contributed by atoms with Crippen molar-refractivity contribution >= 4 is 17.0 Å². The number of aryl methyl sites for hydroxylation is 1. The fraction of sp³-hybridized carbons (Fsp3) is 0.526. The Hall–Kier alpha value is -2.37. The molecule has 0 radical (unpaired) electrons. The fourth-order valence-electron chi connectivity index (χ4n) is 3.73. The summed E-state index contributed by atoms with van der Waals surface area (Å²) in [5, 5.41) is 12.1. The molecule has 1 aromatic carbocycles.